The monoisotopic (exact) mass is 172 g/mol. The first-order valence-corrected chi connectivity index (χ1v) is 3.73. The maximum Gasteiger partial charge on any atom is 0.315 e. The molecule has 68 valence electrons. The normalized spacial score (nSPS) is 23.4. The smallest absolute Gasteiger partial charge is 0.315 e. The summed E-state index contributed by atoms with van der Waals surface area (Å²) in [7, 11) is 0. The molecule has 4 heteroatoms. The molecule has 1 atom stereocenters. The molecule has 1 aliphatic heterocycles. The molecule has 1 unspecified atom stereocenters. The van der Waals surface area contributed by atoms with Crippen LogP contribution in [0.15, 0.2) is 12.7 Å². The quantitative estimate of drug-likeness (QED) is 0.634. The Balaban J connectivity index is 2.76. The molecule has 0 radical (unpaired) electrons. The van der Waals surface area contributed by atoms with Crippen LogP contribution in [-0.4, -0.2) is 30.1 Å². The minimum absolute atomic E-state index is 0.439. The molecule has 0 bridgehead atoms. The van der Waals surface area contributed by atoms with Gasteiger partial charge in [0, 0.05) is 0 Å². The third-order valence-electron chi connectivity index (χ3n) is 1.93. The number of carbonyl (C=O) groups is 1. The SMILES string of the molecule is C=CC(C(=O)O)C1(C)OCCO1. The van der Waals surface area contributed by atoms with Crippen LogP contribution in [0.1, 0.15) is 6.92 Å². The van der Waals surface area contributed by atoms with Crippen molar-refractivity contribution in [1.29, 1.82) is 0 Å². The van der Waals surface area contributed by atoms with E-state index < -0.39 is 17.7 Å². The number of carboxylic acid groups (broad SMARTS) is 1. The first-order chi connectivity index (χ1) is 5.60. The summed E-state index contributed by atoms with van der Waals surface area (Å²) in [5.41, 5.74) is 0. The highest BCUT2D eigenvalue weighted by molar-refractivity contribution is 5.73. The summed E-state index contributed by atoms with van der Waals surface area (Å²) in [6, 6.07) is 0. The van der Waals surface area contributed by atoms with Crippen LogP contribution in [0.25, 0.3) is 0 Å². The Kier molecular flexibility index (Phi) is 2.49. The summed E-state index contributed by atoms with van der Waals surface area (Å²) in [6.45, 7) is 5.92. The second kappa shape index (κ2) is 3.25. The molecule has 1 saturated heterocycles. The highest BCUT2D eigenvalue weighted by atomic mass is 16.7. The lowest BCUT2D eigenvalue weighted by atomic mass is 10.0. The van der Waals surface area contributed by atoms with E-state index in [9.17, 15) is 4.79 Å². The van der Waals surface area contributed by atoms with Gasteiger partial charge in [0.25, 0.3) is 0 Å². The van der Waals surface area contributed by atoms with Crippen molar-refractivity contribution in [3.63, 3.8) is 0 Å². The minimum Gasteiger partial charge on any atom is -0.481 e. The van der Waals surface area contributed by atoms with E-state index in [1.54, 1.807) is 6.92 Å². The van der Waals surface area contributed by atoms with Gasteiger partial charge in [-0.15, -0.1) is 6.58 Å². The number of carboxylic acids is 1. The average Bonchev–Trinajstić information content (AvgIpc) is 2.37. The number of hydrogen-bond acceptors (Lipinski definition) is 3. The van der Waals surface area contributed by atoms with Gasteiger partial charge in [-0.2, -0.15) is 0 Å². The third kappa shape index (κ3) is 1.49. The topological polar surface area (TPSA) is 55.8 Å². The lowest BCUT2D eigenvalue weighted by Crippen LogP contribution is -2.39. The summed E-state index contributed by atoms with van der Waals surface area (Å²) in [6.07, 6.45) is 1.33. The van der Waals surface area contributed by atoms with Crippen LogP contribution in [-0.2, 0) is 14.3 Å². The molecule has 1 aliphatic rings. The molecule has 4 nitrogen and oxygen atoms in total. The lowest BCUT2D eigenvalue weighted by molar-refractivity contribution is -0.187. The van der Waals surface area contributed by atoms with Crippen molar-refractivity contribution in [2.24, 2.45) is 5.92 Å². The molecule has 0 spiro atoms. The van der Waals surface area contributed by atoms with Crippen molar-refractivity contribution in [3.05, 3.63) is 12.7 Å². The van der Waals surface area contributed by atoms with Crippen molar-refractivity contribution in [3.8, 4) is 0 Å². The molecular formula is C8H12O4. The Morgan fingerprint density at radius 2 is 2.17 bits per heavy atom. The van der Waals surface area contributed by atoms with Gasteiger partial charge in [0.05, 0.1) is 13.2 Å². The standard InChI is InChI=1S/C8H12O4/c1-3-6(7(9)10)8(2)11-4-5-12-8/h3,6H,1,4-5H2,2H3,(H,9,10). The van der Waals surface area contributed by atoms with Crippen LogP contribution in [0.2, 0.25) is 0 Å². The van der Waals surface area contributed by atoms with Gasteiger partial charge in [0.1, 0.15) is 5.92 Å². The zero-order chi connectivity index (χ0) is 9.19. The molecule has 0 saturated carbocycles. The second-order valence-electron chi connectivity index (χ2n) is 2.76. The molecule has 1 N–H and O–H groups in total. The van der Waals surface area contributed by atoms with Gasteiger partial charge in [-0.05, 0) is 6.92 Å². The van der Waals surface area contributed by atoms with Crippen molar-refractivity contribution in [2.75, 3.05) is 13.2 Å². The maximum absolute atomic E-state index is 10.7. The van der Waals surface area contributed by atoms with E-state index in [0.29, 0.717) is 13.2 Å². The highest BCUT2D eigenvalue weighted by Crippen LogP contribution is 2.28. The molecule has 1 heterocycles. The largest absolute Gasteiger partial charge is 0.481 e. The molecule has 0 amide bonds. The van der Waals surface area contributed by atoms with Crippen molar-refractivity contribution in [1.82, 2.24) is 0 Å². The molecule has 0 aromatic carbocycles. The number of aliphatic carboxylic acids is 1. The fourth-order valence-electron chi connectivity index (χ4n) is 1.25. The molecule has 1 fully saturated rings. The second-order valence-corrected chi connectivity index (χ2v) is 2.76. The highest BCUT2D eigenvalue weighted by Gasteiger charge is 2.42. The van der Waals surface area contributed by atoms with Crippen LogP contribution in [0.3, 0.4) is 0 Å². The van der Waals surface area contributed by atoms with E-state index in [4.69, 9.17) is 14.6 Å². The minimum atomic E-state index is -1.03. The molecule has 1 rings (SSSR count). The van der Waals surface area contributed by atoms with E-state index >= 15 is 0 Å². The van der Waals surface area contributed by atoms with Crippen LogP contribution in [0.5, 0.6) is 0 Å². The third-order valence-corrected chi connectivity index (χ3v) is 1.93. The summed E-state index contributed by atoms with van der Waals surface area (Å²) in [5, 5.41) is 8.77. The fraction of sp³-hybridized carbons (Fsp3) is 0.625. The number of hydrogen-bond donors (Lipinski definition) is 1. The summed E-state index contributed by atoms with van der Waals surface area (Å²) < 4.78 is 10.4. The van der Waals surface area contributed by atoms with Crippen molar-refractivity contribution in [2.45, 2.75) is 12.7 Å². The van der Waals surface area contributed by atoms with E-state index in [2.05, 4.69) is 6.58 Å². The molecule has 0 aromatic heterocycles. The Morgan fingerprint density at radius 3 is 2.50 bits per heavy atom. The zero-order valence-electron chi connectivity index (χ0n) is 6.95. The van der Waals surface area contributed by atoms with Gasteiger partial charge in [-0.1, -0.05) is 6.08 Å². The predicted molar refractivity (Wildman–Crippen MR) is 41.6 cm³/mol. The van der Waals surface area contributed by atoms with E-state index in [0.717, 1.165) is 0 Å². The Morgan fingerprint density at radius 1 is 1.67 bits per heavy atom. The zero-order valence-corrected chi connectivity index (χ0v) is 6.95. The average molecular weight is 172 g/mol. The van der Waals surface area contributed by atoms with Gasteiger partial charge in [-0.3, -0.25) is 4.79 Å². The summed E-state index contributed by atoms with van der Waals surface area (Å²) >= 11 is 0. The van der Waals surface area contributed by atoms with Crippen LogP contribution >= 0.6 is 0 Å². The van der Waals surface area contributed by atoms with Crippen molar-refractivity contribution < 1.29 is 19.4 Å². The Bertz CT molecular complexity index is 193. The van der Waals surface area contributed by atoms with E-state index in [1.165, 1.54) is 6.08 Å². The van der Waals surface area contributed by atoms with Gasteiger partial charge >= 0.3 is 5.97 Å². The molecule has 0 aliphatic carbocycles. The van der Waals surface area contributed by atoms with Crippen LogP contribution < -0.4 is 0 Å². The van der Waals surface area contributed by atoms with Gasteiger partial charge in [0.15, 0.2) is 5.79 Å². The van der Waals surface area contributed by atoms with Gasteiger partial charge < -0.3 is 14.6 Å². The van der Waals surface area contributed by atoms with Crippen LogP contribution in [0.4, 0.5) is 0 Å². The lowest BCUT2D eigenvalue weighted by Gasteiger charge is -2.26. The number of ether oxygens (including phenoxy) is 2. The first kappa shape index (κ1) is 9.22. The van der Waals surface area contributed by atoms with E-state index in [1.807, 2.05) is 0 Å². The Hall–Kier alpha value is -0.870. The van der Waals surface area contributed by atoms with Gasteiger partial charge in [0.2, 0.25) is 0 Å². The maximum atomic E-state index is 10.7. The van der Waals surface area contributed by atoms with Crippen molar-refractivity contribution >= 4 is 5.97 Å². The fourth-order valence-corrected chi connectivity index (χ4v) is 1.25. The predicted octanol–water partition coefficient (Wildman–Crippen LogP) is 0.636. The first-order valence-electron chi connectivity index (χ1n) is 3.73. The molecule has 12 heavy (non-hydrogen) atoms. The summed E-state index contributed by atoms with van der Waals surface area (Å²) in [5.74, 6) is -2.82. The molecular weight excluding hydrogens is 160 g/mol. The van der Waals surface area contributed by atoms with Gasteiger partial charge in [-0.25, -0.2) is 0 Å². The molecule has 0 aromatic rings. The number of rotatable bonds is 3. The van der Waals surface area contributed by atoms with E-state index in [-0.39, 0.29) is 0 Å². The Labute approximate surface area is 70.8 Å². The summed E-state index contributed by atoms with van der Waals surface area (Å²) in [4.78, 5) is 10.7. The van der Waals surface area contributed by atoms with Crippen LogP contribution in [0, 0.1) is 5.92 Å².